The first-order valence-corrected chi connectivity index (χ1v) is 14.7. The number of ether oxygens (including phenoxy) is 1. The van der Waals surface area contributed by atoms with E-state index < -0.39 is 27.2 Å². The van der Waals surface area contributed by atoms with Crippen LogP contribution in [0, 0.1) is 11.6 Å². The van der Waals surface area contributed by atoms with Gasteiger partial charge in [0.05, 0.1) is 35.8 Å². The molecule has 206 valence electrons. The molecule has 0 unspecified atom stereocenters. The molecule has 0 radical (unpaired) electrons. The van der Waals surface area contributed by atoms with Gasteiger partial charge in [0.25, 0.3) is 0 Å². The van der Waals surface area contributed by atoms with Crippen molar-refractivity contribution in [3.05, 3.63) is 66.1 Å². The lowest BCUT2D eigenvalue weighted by Crippen LogP contribution is -2.44. The Morgan fingerprint density at radius 2 is 1.82 bits per heavy atom. The van der Waals surface area contributed by atoms with Gasteiger partial charge in [-0.3, -0.25) is 4.98 Å². The molecule has 1 saturated heterocycles. The zero-order valence-electron chi connectivity index (χ0n) is 22.2. The first kappa shape index (κ1) is 27.0. The zero-order chi connectivity index (χ0) is 27.7. The van der Waals surface area contributed by atoms with Crippen LogP contribution >= 0.6 is 0 Å². The van der Waals surface area contributed by atoms with E-state index in [9.17, 15) is 8.42 Å². The summed E-state index contributed by atoms with van der Waals surface area (Å²) in [6.45, 7) is 5.16. The predicted molar refractivity (Wildman–Crippen MR) is 148 cm³/mol. The molecule has 1 aliphatic rings. The number of hydrogen-bond acceptors (Lipinski definition) is 7. The third-order valence-corrected chi connectivity index (χ3v) is 8.78. The van der Waals surface area contributed by atoms with Crippen LogP contribution in [-0.2, 0) is 15.6 Å². The lowest BCUT2D eigenvalue weighted by atomic mass is 10.1. The van der Waals surface area contributed by atoms with E-state index in [2.05, 4.69) is 21.8 Å². The van der Waals surface area contributed by atoms with Crippen LogP contribution in [0.4, 0.5) is 14.6 Å². The predicted octanol–water partition coefficient (Wildman–Crippen LogP) is 4.45. The molecular formula is C28H31F2N5O3S. The molecule has 4 heterocycles. The van der Waals surface area contributed by atoms with Crippen LogP contribution in [0.2, 0.25) is 0 Å². The zero-order valence-corrected chi connectivity index (χ0v) is 23.0. The Bertz CT molecular complexity index is 1620. The fourth-order valence-electron chi connectivity index (χ4n) is 4.91. The number of aromatic nitrogens is 3. The minimum Gasteiger partial charge on any atom is -0.495 e. The monoisotopic (exact) mass is 555 g/mol. The summed E-state index contributed by atoms with van der Waals surface area (Å²) in [6.07, 6.45) is 5.25. The Balaban J connectivity index is 1.69. The third kappa shape index (κ3) is 5.46. The number of piperazine rings is 1. The van der Waals surface area contributed by atoms with Crippen molar-refractivity contribution in [2.24, 2.45) is 0 Å². The van der Waals surface area contributed by atoms with E-state index >= 15 is 8.78 Å². The Kier molecular flexibility index (Phi) is 7.55. The second-order valence-corrected chi connectivity index (χ2v) is 12.0. The average molecular weight is 556 g/mol. The number of anilines is 1. The Labute approximate surface area is 226 Å². The van der Waals surface area contributed by atoms with Gasteiger partial charge in [-0.25, -0.2) is 22.2 Å². The van der Waals surface area contributed by atoms with E-state index in [0.29, 0.717) is 34.3 Å². The number of hydrogen-bond donors (Lipinski definition) is 0. The molecule has 0 spiro atoms. The van der Waals surface area contributed by atoms with E-state index in [1.54, 1.807) is 37.6 Å². The van der Waals surface area contributed by atoms with Crippen LogP contribution in [0.5, 0.6) is 5.75 Å². The number of fused-ring (bicyclic) bond motifs is 1. The number of nitrogens with zero attached hydrogens (tertiary/aromatic N) is 5. The van der Waals surface area contributed by atoms with Crippen molar-refractivity contribution >= 4 is 26.7 Å². The number of likely N-dealkylation sites (N-methyl/N-ethyl adjacent to an activating group) is 1. The van der Waals surface area contributed by atoms with Crippen molar-refractivity contribution in [2.75, 3.05) is 51.0 Å². The van der Waals surface area contributed by atoms with Gasteiger partial charge in [-0.1, -0.05) is 13.0 Å². The molecule has 1 aromatic carbocycles. The molecule has 0 atom stereocenters. The molecule has 0 amide bonds. The molecule has 1 fully saturated rings. The quantitative estimate of drug-likeness (QED) is 0.318. The largest absolute Gasteiger partial charge is 0.495 e. The molecule has 4 aromatic rings. The van der Waals surface area contributed by atoms with Gasteiger partial charge in [0.2, 0.25) is 0 Å². The van der Waals surface area contributed by atoms with Crippen LogP contribution in [-0.4, -0.2) is 73.9 Å². The Morgan fingerprint density at radius 3 is 2.54 bits per heavy atom. The number of pyridine rings is 2. The molecule has 3 aromatic heterocycles. The topological polar surface area (TPSA) is 80.6 Å². The van der Waals surface area contributed by atoms with Crippen molar-refractivity contribution in [1.29, 1.82) is 0 Å². The van der Waals surface area contributed by atoms with Gasteiger partial charge in [-0.2, -0.15) is 0 Å². The van der Waals surface area contributed by atoms with E-state index in [1.807, 2.05) is 6.07 Å². The highest BCUT2D eigenvalue weighted by molar-refractivity contribution is 7.90. The number of benzene rings is 1. The van der Waals surface area contributed by atoms with Crippen LogP contribution in [0.15, 0.2) is 48.9 Å². The number of rotatable bonds is 8. The molecule has 5 rings (SSSR count). The van der Waals surface area contributed by atoms with Gasteiger partial charge in [-0.15, -0.1) is 0 Å². The molecule has 0 N–H and O–H groups in total. The lowest BCUT2D eigenvalue weighted by Gasteiger charge is -2.33. The Morgan fingerprint density at radius 1 is 1.05 bits per heavy atom. The molecule has 0 aliphatic carbocycles. The van der Waals surface area contributed by atoms with Crippen molar-refractivity contribution < 1.29 is 21.9 Å². The molecule has 39 heavy (non-hydrogen) atoms. The summed E-state index contributed by atoms with van der Waals surface area (Å²) in [6, 6.07) is 7.75. The summed E-state index contributed by atoms with van der Waals surface area (Å²) in [5, 5.41) is 0. The highest BCUT2D eigenvalue weighted by Crippen LogP contribution is 2.36. The molecule has 0 bridgehead atoms. The molecule has 11 heteroatoms. The van der Waals surface area contributed by atoms with Gasteiger partial charge >= 0.3 is 0 Å². The highest BCUT2D eigenvalue weighted by atomic mass is 32.2. The summed E-state index contributed by atoms with van der Waals surface area (Å²) in [5.74, 6) is -0.991. The minimum atomic E-state index is -3.54. The van der Waals surface area contributed by atoms with Crippen LogP contribution < -0.4 is 9.64 Å². The van der Waals surface area contributed by atoms with Gasteiger partial charge in [0.1, 0.15) is 23.1 Å². The minimum absolute atomic E-state index is 0.0718. The van der Waals surface area contributed by atoms with E-state index in [-0.39, 0.29) is 17.0 Å². The summed E-state index contributed by atoms with van der Waals surface area (Å²) < 4.78 is 62.8. The van der Waals surface area contributed by atoms with Gasteiger partial charge in [-0.05, 0) is 37.7 Å². The van der Waals surface area contributed by atoms with Crippen molar-refractivity contribution in [3.63, 3.8) is 0 Å². The van der Waals surface area contributed by atoms with Crippen LogP contribution in [0.1, 0.15) is 18.9 Å². The second-order valence-electron chi connectivity index (χ2n) is 9.81. The second kappa shape index (κ2) is 10.9. The molecular weight excluding hydrogens is 524 g/mol. The Hall–Kier alpha value is -3.57. The van der Waals surface area contributed by atoms with Crippen LogP contribution in [0.3, 0.4) is 0 Å². The maximum absolute atomic E-state index is 15.9. The van der Waals surface area contributed by atoms with Gasteiger partial charge in [0, 0.05) is 55.3 Å². The van der Waals surface area contributed by atoms with E-state index in [0.717, 1.165) is 38.1 Å². The fraction of sp³-hybridized carbons (Fsp3) is 0.357. The number of sulfone groups is 1. The molecule has 1 aliphatic heterocycles. The maximum atomic E-state index is 15.9. The SMILES string of the molecule is CCCS(=O)(=O)Cc1ccc(F)c(-n2cc(-c3cncc(OC)c3)c3nc(N4CCN(C)CC4)ccc32)c1F. The van der Waals surface area contributed by atoms with Gasteiger partial charge < -0.3 is 19.1 Å². The van der Waals surface area contributed by atoms with Crippen molar-refractivity contribution in [2.45, 2.75) is 19.1 Å². The first-order chi connectivity index (χ1) is 18.7. The number of halogens is 2. The normalized spacial score (nSPS) is 14.7. The standard InChI is InChI=1S/C28H31F2N5O3S/c1-4-13-39(36,37)18-19-5-6-23(29)28(26(19)30)35-17-22(20-14-21(38-3)16-31-15-20)27-24(35)7-8-25(32-27)34-11-9-33(2)10-12-34/h5-8,14-17H,4,9-13,18H2,1-3H3. The summed E-state index contributed by atoms with van der Waals surface area (Å²) >= 11 is 0. The van der Waals surface area contributed by atoms with Crippen molar-refractivity contribution in [1.82, 2.24) is 19.4 Å². The molecule has 8 nitrogen and oxygen atoms in total. The summed E-state index contributed by atoms with van der Waals surface area (Å²) in [5.41, 5.74) is 1.90. The average Bonchev–Trinajstić information content (AvgIpc) is 3.29. The van der Waals surface area contributed by atoms with E-state index in [1.165, 1.54) is 17.7 Å². The lowest BCUT2D eigenvalue weighted by molar-refractivity contribution is 0.312. The fourth-order valence-corrected chi connectivity index (χ4v) is 6.38. The summed E-state index contributed by atoms with van der Waals surface area (Å²) in [4.78, 5) is 13.6. The van der Waals surface area contributed by atoms with E-state index in [4.69, 9.17) is 9.72 Å². The highest BCUT2D eigenvalue weighted by Gasteiger charge is 2.24. The maximum Gasteiger partial charge on any atom is 0.154 e. The van der Waals surface area contributed by atoms with Crippen molar-refractivity contribution in [3.8, 4) is 22.6 Å². The van der Waals surface area contributed by atoms with Crippen LogP contribution in [0.25, 0.3) is 27.8 Å². The smallest absolute Gasteiger partial charge is 0.154 e. The first-order valence-electron chi connectivity index (χ1n) is 12.8. The molecule has 0 saturated carbocycles. The third-order valence-electron chi connectivity index (χ3n) is 7.00. The summed E-state index contributed by atoms with van der Waals surface area (Å²) in [7, 11) is 0.0703. The number of methoxy groups -OCH3 is 1. The van der Waals surface area contributed by atoms with Gasteiger partial charge in [0.15, 0.2) is 15.7 Å².